The van der Waals surface area contributed by atoms with E-state index in [0.717, 1.165) is 0 Å². The van der Waals surface area contributed by atoms with E-state index in [9.17, 15) is 24.0 Å². The summed E-state index contributed by atoms with van der Waals surface area (Å²) < 4.78 is 0. The highest BCUT2D eigenvalue weighted by molar-refractivity contribution is 7.98. The number of hydrogen-bond donors (Lipinski definition) is 7. The molecule has 3 atom stereocenters. The van der Waals surface area contributed by atoms with Gasteiger partial charge in [0.05, 0.1) is 12.6 Å². The molecule has 3 unspecified atom stereocenters. The van der Waals surface area contributed by atoms with Crippen molar-refractivity contribution < 1.29 is 34.2 Å². The van der Waals surface area contributed by atoms with Crippen molar-refractivity contribution in [3.8, 4) is 0 Å². The summed E-state index contributed by atoms with van der Waals surface area (Å²) in [6.07, 6.45) is 1.56. The fraction of sp³-hybridized carbons (Fsp3) is 0.667. The van der Waals surface area contributed by atoms with E-state index < -0.39 is 60.8 Å². The zero-order valence-electron chi connectivity index (χ0n) is 15.3. The fourth-order valence-corrected chi connectivity index (χ4v) is 2.66. The number of nitrogens with one attached hydrogen (secondary N) is 3. The minimum Gasteiger partial charge on any atom is -0.481 e. The van der Waals surface area contributed by atoms with Gasteiger partial charge in [0.25, 0.3) is 0 Å². The van der Waals surface area contributed by atoms with Crippen LogP contribution in [0.5, 0.6) is 0 Å². The van der Waals surface area contributed by atoms with Crippen LogP contribution in [-0.2, 0) is 24.0 Å². The van der Waals surface area contributed by atoms with Crippen LogP contribution in [0.25, 0.3) is 0 Å². The third kappa shape index (κ3) is 11.0. The molecule has 0 saturated heterocycles. The molecule has 0 saturated carbocycles. The maximum absolute atomic E-state index is 12.1. The van der Waals surface area contributed by atoms with Crippen molar-refractivity contribution >= 4 is 54.1 Å². The highest BCUT2D eigenvalue weighted by Gasteiger charge is 2.26. The van der Waals surface area contributed by atoms with Gasteiger partial charge in [-0.15, -0.1) is 0 Å². The Morgan fingerprint density at radius 2 is 1.68 bits per heavy atom. The first-order valence-electron chi connectivity index (χ1n) is 8.29. The number of rotatable bonds is 14. The Bertz CT molecular complexity index is 577. The van der Waals surface area contributed by atoms with Gasteiger partial charge in [-0.05, 0) is 24.9 Å². The van der Waals surface area contributed by atoms with E-state index in [1.807, 2.05) is 6.26 Å². The second-order valence-electron chi connectivity index (χ2n) is 5.74. The SMILES string of the molecule is CSCCC(N)C(=O)NCC(=O)NC(CS)C(=O)NC(CCC(=O)O)C(=O)O. The zero-order valence-corrected chi connectivity index (χ0v) is 17.1. The summed E-state index contributed by atoms with van der Waals surface area (Å²) in [7, 11) is 0. The maximum atomic E-state index is 12.1. The minimum atomic E-state index is -1.42. The van der Waals surface area contributed by atoms with Crippen LogP contribution >= 0.6 is 24.4 Å². The Morgan fingerprint density at radius 3 is 2.18 bits per heavy atom. The maximum Gasteiger partial charge on any atom is 0.326 e. The summed E-state index contributed by atoms with van der Waals surface area (Å²) in [5, 5.41) is 24.5. The lowest BCUT2D eigenvalue weighted by atomic mass is 10.1. The van der Waals surface area contributed by atoms with Crippen molar-refractivity contribution in [1.82, 2.24) is 16.0 Å². The van der Waals surface area contributed by atoms with Gasteiger partial charge in [-0.3, -0.25) is 19.2 Å². The average molecular weight is 439 g/mol. The Morgan fingerprint density at radius 1 is 1.04 bits per heavy atom. The van der Waals surface area contributed by atoms with Gasteiger partial charge in [0, 0.05) is 12.2 Å². The Kier molecular flexibility index (Phi) is 13.1. The highest BCUT2D eigenvalue weighted by atomic mass is 32.2. The third-order valence-electron chi connectivity index (χ3n) is 3.49. The summed E-state index contributed by atoms with van der Waals surface area (Å²) in [4.78, 5) is 57.5. The van der Waals surface area contributed by atoms with Gasteiger partial charge < -0.3 is 31.9 Å². The molecule has 0 aliphatic heterocycles. The lowest BCUT2D eigenvalue weighted by Crippen LogP contribution is -2.54. The van der Waals surface area contributed by atoms with E-state index in [4.69, 9.17) is 15.9 Å². The predicted molar refractivity (Wildman–Crippen MR) is 106 cm³/mol. The van der Waals surface area contributed by atoms with E-state index in [2.05, 4.69) is 28.6 Å². The van der Waals surface area contributed by atoms with Gasteiger partial charge >= 0.3 is 11.9 Å². The molecule has 0 rings (SSSR count). The molecule has 28 heavy (non-hydrogen) atoms. The van der Waals surface area contributed by atoms with Gasteiger partial charge in [0.15, 0.2) is 0 Å². The van der Waals surface area contributed by atoms with Crippen molar-refractivity contribution in [2.75, 3.05) is 24.3 Å². The van der Waals surface area contributed by atoms with Crippen LogP contribution < -0.4 is 21.7 Å². The molecule has 13 heteroatoms. The van der Waals surface area contributed by atoms with Gasteiger partial charge in [-0.2, -0.15) is 24.4 Å². The number of hydrogen-bond acceptors (Lipinski definition) is 8. The number of carbonyl (C=O) groups is 5. The van der Waals surface area contributed by atoms with Crippen LogP contribution in [0.3, 0.4) is 0 Å². The van der Waals surface area contributed by atoms with E-state index >= 15 is 0 Å². The van der Waals surface area contributed by atoms with Crippen LogP contribution in [0.15, 0.2) is 0 Å². The first-order chi connectivity index (χ1) is 13.1. The summed E-state index contributed by atoms with van der Waals surface area (Å²) in [5.74, 6) is -4.06. The Balaban J connectivity index is 4.58. The summed E-state index contributed by atoms with van der Waals surface area (Å²) in [5.41, 5.74) is 5.67. The molecule has 0 aliphatic carbocycles. The van der Waals surface area contributed by atoms with Crippen LogP contribution in [0.4, 0.5) is 0 Å². The first-order valence-corrected chi connectivity index (χ1v) is 10.3. The monoisotopic (exact) mass is 438 g/mol. The van der Waals surface area contributed by atoms with Crippen LogP contribution in [-0.4, -0.2) is 82.3 Å². The number of thioether (sulfide) groups is 1. The molecule has 0 spiro atoms. The van der Waals surface area contributed by atoms with Gasteiger partial charge in [0.1, 0.15) is 12.1 Å². The van der Waals surface area contributed by atoms with E-state index in [1.165, 1.54) is 11.8 Å². The van der Waals surface area contributed by atoms with Crippen LogP contribution in [0.1, 0.15) is 19.3 Å². The standard InChI is InChI=1S/C15H26N4O7S2/c1-28-5-4-8(16)13(23)17-6-11(20)18-10(7-27)14(24)19-9(15(25)26)2-3-12(21)22/h8-10,27H,2-7,16H2,1H3,(H,17,23)(H,18,20)(H,19,24)(H,21,22)(H,25,26). The molecule has 0 aromatic carbocycles. The molecular weight excluding hydrogens is 412 g/mol. The summed E-state index contributed by atoms with van der Waals surface area (Å²) in [6, 6.07) is -3.34. The molecule has 0 aliphatic rings. The van der Waals surface area contributed by atoms with E-state index in [0.29, 0.717) is 12.2 Å². The molecule has 7 N–H and O–H groups in total. The van der Waals surface area contributed by atoms with Gasteiger partial charge in [0.2, 0.25) is 17.7 Å². The number of aliphatic carboxylic acids is 2. The lowest BCUT2D eigenvalue weighted by molar-refractivity contribution is -0.143. The van der Waals surface area contributed by atoms with Crippen molar-refractivity contribution in [2.24, 2.45) is 5.73 Å². The number of carboxylic acids is 2. The van der Waals surface area contributed by atoms with Crippen molar-refractivity contribution in [3.63, 3.8) is 0 Å². The molecule has 0 fully saturated rings. The number of thiol groups is 1. The Labute approximate surface area is 172 Å². The molecule has 160 valence electrons. The summed E-state index contributed by atoms with van der Waals surface area (Å²) >= 11 is 5.47. The normalized spacial score (nSPS) is 13.7. The van der Waals surface area contributed by atoms with Crippen LogP contribution in [0, 0.1) is 0 Å². The smallest absolute Gasteiger partial charge is 0.326 e. The summed E-state index contributed by atoms with van der Waals surface area (Å²) in [6.45, 7) is -0.412. The average Bonchev–Trinajstić information content (AvgIpc) is 2.64. The molecule has 0 bridgehead atoms. The van der Waals surface area contributed by atoms with E-state index in [-0.39, 0.29) is 12.2 Å². The molecule has 0 radical (unpaired) electrons. The van der Waals surface area contributed by atoms with Gasteiger partial charge in [-0.1, -0.05) is 0 Å². The molecule has 0 aromatic rings. The molecule has 0 aromatic heterocycles. The van der Waals surface area contributed by atoms with Gasteiger partial charge in [-0.25, -0.2) is 4.79 Å². The second kappa shape index (κ2) is 14.1. The largest absolute Gasteiger partial charge is 0.481 e. The van der Waals surface area contributed by atoms with Crippen LogP contribution in [0.2, 0.25) is 0 Å². The third-order valence-corrected chi connectivity index (χ3v) is 4.50. The number of carbonyl (C=O) groups excluding carboxylic acids is 3. The number of amides is 3. The molecule has 11 nitrogen and oxygen atoms in total. The second-order valence-corrected chi connectivity index (χ2v) is 7.09. The quantitative estimate of drug-likeness (QED) is 0.151. The molecule has 3 amide bonds. The van der Waals surface area contributed by atoms with Crippen molar-refractivity contribution in [3.05, 3.63) is 0 Å². The Hall–Kier alpha value is -1.99. The minimum absolute atomic E-state index is 0.135. The number of carboxylic acid groups (broad SMARTS) is 2. The zero-order chi connectivity index (χ0) is 21.7. The van der Waals surface area contributed by atoms with E-state index in [1.54, 1.807) is 0 Å². The lowest BCUT2D eigenvalue weighted by Gasteiger charge is -2.20. The first kappa shape index (κ1) is 26.0. The number of nitrogens with two attached hydrogens (primary N) is 1. The predicted octanol–water partition coefficient (Wildman–Crippen LogP) is -1.97. The highest BCUT2D eigenvalue weighted by Crippen LogP contribution is 2.00. The molecular formula is C15H26N4O7S2. The molecule has 0 heterocycles. The fourth-order valence-electron chi connectivity index (χ4n) is 1.91. The van der Waals surface area contributed by atoms with Crippen molar-refractivity contribution in [2.45, 2.75) is 37.4 Å². The topological polar surface area (TPSA) is 188 Å². The van der Waals surface area contributed by atoms with Crippen molar-refractivity contribution in [1.29, 1.82) is 0 Å².